The molecule has 0 aliphatic heterocycles. The van der Waals surface area contributed by atoms with Gasteiger partial charge in [-0.15, -0.1) is 0 Å². The van der Waals surface area contributed by atoms with Gasteiger partial charge in [-0.2, -0.15) is 27.0 Å². The van der Waals surface area contributed by atoms with Crippen LogP contribution in [0.2, 0.25) is 0 Å². The molecule has 77 heavy (non-hydrogen) atoms. The number of amides is 2. The van der Waals surface area contributed by atoms with Crippen molar-refractivity contribution in [3.63, 3.8) is 0 Å². The first-order valence-electron chi connectivity index (χ1n) is 23.9. The van der Waals surface area contributed by atoms with E-state index in [0.717, 1.165) is 21.4 Å². The van der Waals surface area contributed by atoms with Gasteiger partial charge in [-0.25, -0.2) is 22.9 Å². The number of aromatic nitrogens is 7. The van der Waals surface area contributed by atoms with Gasteiger partial charge in [0.2, 0.25) is 5.03 Å². The van der Waals surface area contributed by atoms with Crippen molar-refractivity contribution in [3.8, 4) is 22.3 Å². The maximum Gasteiger partial charge on any atom is 0.388 e. The Kier molecular flexibility index (Phi) is 19.2. The molecule has 0 aliphatic carbocycles. The number of benzene rings is 2. The molecule has 0 fully saturated rings. The molecule has 0 bridgehead atoms. The number of rotatable bonds is 14. The predicted octanol–water partition coefficient (Wildman–Crippen LogP) is 7.34. The predicted molar refractivity (Wildman–Crippen MR) is 289 cm³/mol. The van der Waals surface area contributed by atoms with Gasteiger partial charge >= 0.3 is 16.1 Å². The van der Waals surface area contributed by atoms with Crippen molar-refractivity contribution in [1.82, 2.24) is 34.3 Å². The van der Waals surface area contributed by atoms with Crippen molar-refractivity contribution in [2.75, 3.05) is 44.3 Å². The molecule has 5 aromatic heterocycles. The Bertz CT molecular complexity index is 3440. The molecule has 0 atom stereocenters. The lowest BCUT2D eigenvalue weighted by Crippen LogP contribution is -2.51. The standard InChI is InChI=1S/C23H28FN5O4S.C16H23N5O4S.C14H15FN2/c1-14(2)17-10-16(24)11-18(15-8-7-9-25-13-15)21(17)26-22(30)28-34(31,32)20-12-19(29(5)27-20)23(3,4)33-6;1-16(2,25-6)13-11-14(17-20(13)5)26(23,24)18-15(22)21-9-7-12(8-10-21)19(3)4;1-9(2)12-6-11(15)7-13(14(12)16)10-4-3-5-17-8-10/h7-14H,1-6H3,(H2,26,28,30);7-11H,1-6H3;3-9H,16H2,1-2H3. The van der Waals surface area contributed by atoms with Crippen molar-refractivity contribution in [1.29, 1.82) is 0 Å². The van der Waals surface area contributed by atoms with Crippen molar-refractivity contribution < 1.29 is 49.6 Å². The van der Waals surface area contributed by atoms with Crippen LogP contribution in [0.5, 0.6) is 0 Å². The minimum Gasteiger partial charge on any atom is -0.806 e. The molecule has 0 unspecified atom stereocenters. The molecular formula is C53H66F2N12O8S2. The monoisotopic (exact) mass is 1100 g/mol. The van der Waals surface area contributed by atoms with E-state index in [4.69, 9.17) is 15.2 Å². The van der Waals surface area contributed by atoms with Gasteiger partial charge in [-0.1, -0.05) is 39.8 Å². The normalized spacial score (nSPS) is 12.2. The Morgan fingerprint density at radius 3 is 1.69 bits per heavy atom. The number of methoxy groups -OCH3 is 2. The van der Waals surface area contributed by atoms with Gasteiger partial charge in [-0.05, 0) is 87.1 Å². The number of nitrogens with one attached hydrogen (secondary N) is 2. The first-order valence-corrected chi connectivity index (χ1v) is 26.8. The number of nitrogens with two attached hydrogens (primary N) is 1. The average Bonchev–Trinajstić information content (AvgIpc) is 4.00. The van der Waals surface area contributed by atoms with E-state index in [-0.39, 0.29) is 27.7 Å². The number of urea groups is 1. The van der Waals surface area contributed by atoms with Crippen LogP contribution in [0, 0.1) is 11.6 Å². The zero-order chi connectivity index (χ0) is 57.4. The third-order valence-corrected chi connectivity index (χ3v) is 14.6. The number of carbonyl (C=O) groups is 1. The minimum atomic E-state index is -4.30. The number of pyridine rings is 3. The molecule has 0 saturated heterocycles. The third-order valence-electron chi connectivity index (χ3n) is 12.2. The largest absolute Gasteiger partial charge is 0.806 e. The maximum absolute atomic E-state index is 14.4. The zero-order valence-corrected chi connectivity index (χ0v) is 47.1. The highest BCUT2D eigenvalue weighted by Crippen LogP contribution is 2.37. The third kappa shape index (κ3) is 14.8. The maximum atomic E-state index is 14.4. The summed E-state index contributed by atoms with van der Waals surface area (Å²) >= 11 is 0. The highest BCUT2D eigenvalue weighted by molar-refractivity contribution is 7.90. The second-order valence-corrected chi connectivity index (χ2v) is 22.5. The topological polar surface area (TPSA) is 258 Å². The Balaban J connectivity index is 0.000000225. The molecule has 2 amide bonds. The lowest BCUT2D eigenvalue weighted by atomic mass is 9.94. The van der Waals surface area contributed by atoms with Gasteiger partial charge in [0.05, 0.1) is 29.5 Å². The number of anilines is 3. The van der Waals surface area contributed by atoms with E-state index in [1.54, 1.807) is 84.6 Å². The van der Waals surface area contributed by atoms with Crippen molar-refractivity contribution in [2.45, 2.75) is 88.5 Å². The summed E-state index contributed by atoms with van der Waals surface area (Å²) in [5.41, 5.74) is 11.2. The summed E-state index contributed by atoms with van der Waals surface area (Å²) in [5, 5.41) is 22.2. The first-order chi connectivity index (χ1) is 35.9. The van der Waals surface area contributed by atoms with Gasteiger partial charge in [0.1, 0.15) is 22.8 Å². The number of halogens is 2. The summed E-state index contributed by atoms with van der Waals surface area (Å²) in [6, 6.07) is 16.8. The van der Waals surface area contributed by atoms with E-state index in [9.17, 15) is 35.5 Å². The molecule has 0 aliphatic rings. The van der Waals surface area contributed by atoms with Crippen LogP contribution in [0.3, 0.4) is 0 Å². The number of sulfonamides is 2. The van der Waals surface area contributed by atoms with Gasteiger partial charge in [0.15, 0.2) is 5.03 Å². The number of nitrogen functional groups attached to an aromatic ring is 1. The lowest BCUT2D eigenvalue weighted by molar-refractivity contribution is -0.613. The van der Waals surface area contributed by atoms with Crippen LogP contribution < -0.4 is 30.3 Å². The second-order valence-electron chi connectivity index (χ2n) is 19.3. The Labute approximate surface area is 448 Å². The number of hydrogen-bond donors (Lipinski definition) is 3. The molecule has 7 aromatic rings. The van der Waals surface area contributed by atoms with Crippen LogP contribution in [-0.4, -0.2) is 86.7 Å². The first kappa shape index (κ1) is 60.2. The van der Waals surface area contributed by atoms with Crippen LogP contribution in [0.1, 0.15) is 89.7 Å². The van der Waals surface area contributed by atoms with E-state index < -0.39 is 49.1 Å². The minimum absolute atomic E-state index is 0.160. The summed E-state index contributed by atoms with van der Waals surface area (Å²) in [6.07, 6.45) is 9.39. The number of carbonyl (C=O) groups excluding carboxylic acids is 1. The smallest absolute Gasteiger partial charge is 0.388 e. The molecule has 24 heteroatoms. The van der Waals surface area contributed by atoms with E-state index in [0.29, 0.717) is 45.0 Å². The fourth-order valence-electron chi connectivity index (χ4n) is 7.68. The van der Waals surface area contributed by atoms with Crippen molar-refractivity contribution in [2.24, 2.45) is 18.5 Å². The number of nitrogens with zero attached hydrogens (tertiary/aromatic N) is 9. The molecule has 0 radical (unpaired) electrons. The fraction of sp³-hybridized carbons (Fsp3) is 0.340. The summed E-state index contributed by atoms with van der Waals surface area (Å²) in [5.74, 6) is -0.710. The van der Waals surface area contributed by atoms with Crippen LogP contribution in [0.15, 0.2) is 124 Å². The molecule has 0 spiro atoms. The van der Waals surface area contributed by atoms with Crippen molar-refractivity contribution in [3.05, 3.63) is 144 Å². The highest BCUT2D eigenvalue weighted by atomic mass is 32.2. The Hall–Kier alpha value is -7.67. The van der Waals surface area contributed by atoms with Crippen LogP contribution in [0.4, 0.5) is 30.6 Å². The quantitative estimate of drug-likeness (QED) is 0.0417. The van der Waals surface area contributed by atoms with Crippen LogP contribution in [-0.2, 0) is 54.8 Å². The van der Waals surface area contributed by atoms with E-state index in [1.807, 2.05) is 63.5 Å². The molecule has 0 saturated carbocycles. The second kappa shape index (κ2) is 24.5. The van der Waals surface area contributed by atoms with E-state index >= 15 is 0 Å². The number of ether oxygens (including phenoxy) is 2. The summed E-state index contributed by atoms with van der Waals surface area (Å²) in [6.45, 7) is 14.8. The summed E-state index contributed by atoms with van der Waals surface area (Å²) in [7, 11) is 1.37. The van der Waals surface area contributed by atoms with Gasteiger partial charge < -0.3 is 30.5 Å². The molecule has 5 heterocycles. The molecule has 4 N–H and O–H groups in total. The van der Waals surface area contributed by atoms with Crippen LogP contribution in [0.25, 0.3) is 22.3 Å². The number of hydrogen-bond acceptors (Lipinski definition) is 14. The highest BCUT2D eigenvalue weighted by Gasteiger charge is 2.32. The molecular weight excluding hydrogens is 1030 g/mol. The Morgan fingerprint density at radius 2 is 1.22 bits per heavy atom. The summed E-state index contributed by atoms with van der Waals surface area (Å²) < 4.78 is 98.6. The summed E-state index contributed by atoms with van der Waals surface area (Å²) in [4.78, 5) is 22.8. The zero-order valence-electron chi connectivity index (χ0n) is 45.5. The molecule has 412 valence electrons. The van der Waals surface area contributed by atoms with Gasteiger partial charge in [0.25, 0.3) is 16.0 Å². The molecule has 20 nitrogen and oxygen atoms in total. The molecule has 7 rings (SSSR count). The van der Waals surface area contributed by atoms with Gasteiger partial charge in [0, 0.05) is 129 Å². The van der Waals surface area contributed by atoms with Crippen LogP contribution >= 0.6 is 0 Å². The fourth-order valence-corrected chi connectivity index (χ4v) is 9.46. The SMILES string of the molecule is CC(C)c1cc(F)cc(-c2cccnc2)c1N.COC(C)(C)c1cc(S(=O)(=O)N=C([O-])[n+]2ccc(N(C)C)cc2)nn1C.COC(C)(C)c1cc(S(=O)(=O)NC(=O)Nc2c(-c3cccnc3)cc(F)cc2C(C)C)nn1C. The van der Waals surface area contributed by atoms with Gasteiger partial charge in [-0.3, -0.25) is 19.3 Å². The lowest BCUT2D eigenvalue weighted by Gasteiger charge is -2.22. The Morgan fingerprint density at radius 1 is 0.753 bits per heavy atom. The van der Waals surface area contributed by atoms with E-state index in [1.165, 1.54) is 78.6 Å². The molecule has 2 aromatic carbocycles. The van der Waals surface area contributed by atoms with Crippen molar-refractivity contribution >= 4 is 49.2 Å². The van der Waals surface area contributed by atoms with E-state index in [2.05, 4.69) is 29.9 Å². The average molecular weight is 1100 g/mol. The number of aryl methyl sites for hydroxylation is 2.